The lowest BCUT2D eigenvalue weighted by molar-refractivity contribution is 0.625. The lowest BCUT2D eigenvalue weighted by Gasteiger charge is -2.14. The van der Waals surface area contributed by atoms with Gasteiger partial charge in [0.15, 0.2) is 0 Å². The Balaban J connectivity index is 1.82. The van der Waals surface area contributed by atoms with Crippen molar-refractivity contribution in [3.63, 3.8) is 0 Å². The average Bonchev–Trinajstić information content (AvgIpc) is 2.63. The molecule has 0 saturated heterocycles. The number of rotatable bonds is 5. The maximum absolute atomic E-state index is 13.0. The van der Waals surface area contributed by atoms with Crippen LogP contribution in [0.3, 0.4) is 0 Å². The molecule has 0 saturated carbocycles. The SMILES string of the molecule is Cc1nc(NCc2ccc(F)cc2)c(Br)c(=O)n1Cc1ccc(F)cc1. The van der Waals surface area contributed by atoms with E-state index in [9.17, 15) is 13.6 Å². The summed E-state index contributed by atoms with van der Waals surface area (Å²) in [6.45, 7) is 2.45. The van der Waals surface area contributed by atoms with E-state index in [-0.39, 0.29) is 17.2 Å². The largest absolute Gasteiger partial charge is 0.365 e. The Morgan fingerprint density at radius 1 is 1.00 bits per heavy atom. The molecular weight excluding hydrogens is 404 g/mol. The summed E-state index contributed by atoms with van der Waals surface area (Å²) in [4.78, 5) is 17.1. The van der Waals surface area contributed by atoms with Gasteiger partial charge in [0.05, 0.1) is 6.54 Å². The Kier molecular flexibility index (Phi) is 5.46. The van der Waals surface area contributed by atoms with Gasteiger partial charge in [-0.2, -0.15) is 0 Å². The highest BCUT2D eigenvalue weighted by Gasteiger charge is 2.13. The molecule has 0 spiro atoms. The number of nitrogens with zero attached hydrogens (tertiary/aromatic N) is 2. The molecule has 0 amide bonds. The number of halogens is 3. The van der Waals surface area contributed by atoms with Crippen LogP contribution in [0.25, 0.3) is 0 Å². The number of aryl methyl sites for hydroxylation is 1. The van der Waals surface area contributed by atoms with Gasteiger partial charge in [0.1, 0.15) is 27.7 Å². The minimum Gasteiger partial charge on any atom is -0.365 e. The fraction of sp³-hybridized carbons (Fsp3) is 0.158. The molecule has 0 bridgehead atoms. The Morgan fingerprint density at radius 2 is 1.54 bits per heavy atom. The van der Waals surface area contributed by atoms with Crippen LogP contribution in [0.2, 0.25) is 0 Å². The van der Waals surface area contributed by atoms with E-state index in [0.29, 0.717) is 29.2 Å². The molecule has 3 aromatic rings. The lowest BCUT2D eigenvalue weighted by Crippen LogP contribution is -2.26. The van der Waals surface area contributed by atoms with Crippen LogP contribution in [0.4, 0.5) is 14.6 Å². The second-order valence-electron chi connectivity index (χ2n) is 5.82. The first kappa shape index (κ1) is 18.3. The van der Waals surface area contributed by atoms with Crippen LogP contribution in [0.15, 0.2) is 57.8 Å². The minimum atomic E-state index is -0.322. The van der Waals surface area contributed by atoms with E-state index in [4.69, 9.17) is 0 Å². The fourth-order valence-corrected chi connectivity index (χ4v) is 2.94. The molecule has 3 rings (SSSR count). The van der Waals surface area contributed by atoms with Crippen LogP contribution in [0.1, 0.15) is 17.0 Å². The van der Waals surface area contributed by atoms with E-state index in [1.165, 1.54) is 28.8 Å². The summed E-state index contributed by atoms with van der Waals surface area (Å²) < 4.78 is 27.8. The van der Waals surface area contributed by atoms with Gasteiger partial charge in [0, 0.05) is 6.54 Å². The third-order valence-electron chi connectivity index (χ3n) is 3.93. The van der Waals surface area contributed by atoms with Crippen LogP contribution < -0.4 is 10.9 Å². The highest BCUT2D eigenvalue weighted by molar-refractivity contribution is 9.10. The number of aromatic nitrogens is 2. The first-order valence-electron chi connectivity index (χ1n) is 7.94. The van der Waals surface area contributed by atoms with Crippen molar-refractivity contribution >= 4 is 21.7 Å². The van der Waals surface area contributed by atoms with Gasteiger partial charge < -0.3 is 5.32 Å². The average molecular weight is 420 g/mol. The zero-order valence-corrected chi connectivity index (χ0v) is 15.6. The first-order chi connectivity index (χ1) is 12.4. The second kappa shape index (κ2) is 7.78. The molecule has 1 heterocycles. The Labute approximate surface area is 157 Å². The maximum atomic E-state index is 13.0. The third kappa shape index (κ3) is 4.16. The Morgan fingerprint density at radius 3 is 2.12 bits per heavy atom. The lowest BCUT2D eigenvalue weighted by atomic mass is 10.2. The van der Waals surface area contributed by atoms with E-state index < -0.39 is 0 Å². The molecule has 0 aliphatic heterocycles. The Bertz CT molecular complexity index is 970. The molecule has 134 valence electrons. The molecule has 0 unspecified atom stereocenters. The number of nitrogens with one attached hydrogen (secondary N) is 1. The smallest absolute Gasteiger partial charge is 0.270 e. The summed E-state index contributed by atoms with van der Waals surface area (Å²) in [5, 5.41) is 3.09. The summed E-state index contributed by atoms with van der Waals surface area (Å²) in [6.07, 6.45) is 0. The van der Waals surface area contributed by atoms with Crippen LogP contribution in [0.5, 0.6) is 0 Å². The predicted octanol–water partition coefficient (Wildman–Crippen LogP) is 4.25. The highest BCUT2D eigenvalue weighted by Crippen LogP contribution is 2.18. The number of anilines is 1. The molecule has 0 radical (unpaired) electrons. The number of benzene rings is 2. The molecule has 26 heavy (non-hydrogen) atoms. The molecule has 2 aromatic carbocycles. The van der Waals surface area contributed by atoms with Crippen molar-refractivity contribution in [2.24, 2.45) is 0 Å². The summed E-state index contributed by atoms with van der Waals surface area (Å²) in [7, 11) is 0. The number of hydrogen-bond donors (Lipinski definition) is 1. The van der Waals surface area contributed by atoms with Crippen molar-refractivity contribution in [2.75, 3.05) is 5.32 Å². The quantitative estimate of drug-likeness (QED) is 0.672. The minimum absolute atomic E-state index is 0.233. The first-order valence-corrected chi connectivity index (χ1v) is 8.73. The van der Waals surface area contributed by atoms with Gasteiger partial charge in [0.2, 0.25) is 0 Å². The van der Waals surface area contributed by atoms with Gasteiger partial charge in [-0.1, -0.05) is 24.3 Å². The third-order valence-corrected chi connectivity index (χ3v) is 4.65. The molecule has 1 N–H and O–H groups in total. The molecular formula is C19H16BrF2N3O. The predicted molar refractivity (Wildman–Crippen MR) is 100 cm³/mol. The maximum Gasteiger partial charge on any atom is 0.270 e. The van der Waals surface area contributed by atoms with Crippen molar-refractivity contribution in [3.8, 4) is 0 Å². The molecule has 0 fully saturated rings. The van der Waals surface area contributed by atoms with Crippen LogP contribution in [-0.2, 0) is 13.1 Å². The Hall–Kier alpha value is -2.54. The zero-order chi connectivity index (χ0) is 18.7. The van der Waals surface area contributed by atoms with Crippen molar-refractivity contribution in [1.29, 1.82) is 0 Å². The van der Waals surface area contributed by atoms with Crippen molar-refractivity contribution < 1.29 is 8.78 Å². The van der Waals surface area contributed by atoms with E-state index in [0.717, 1.165) is 11.1 Å². The molecule has 0 atom stereocenters. The topological polar surface area (TPSA) is 46.9 Å². The van der Waals surface area contributed by atoms with E-state index >= 15 is 0 Å². The summed E-state index contributed by atoms with van der Waals surface area (Å²) in [6, 6.07) is 12.1. The summed E-state index contributed by atoms with van der Waals surface area (Å²) in [5.74, 6) is 0.334. The van der Waals surface area contributed by atoms with Gasteiger partial charge in [-0.15, -0.1) is 0 Å². The molecule has 0 aliphatic carbocycles. The molecule has 1 aromatic heterocycles. The van der Waals surface area contributed by atoms with Gasteiger partial charge in [-0.05, 0) is 58.2 Å². The fourth-order valence-electron chi connectivity index (χ4n) is 2.50. The van der Waals surface area contributed by atoms with Crippen LogP contribution in [-0.4, -0.2) is 9.55 Å². The molecule has 4 nitrogen and oxygen atoms in total. The standard InChI is InChI=1S/C19H16BrF2N3O/c1-12-24-18(23-10-13-2-6-15(21)7-3-13)17(20)19(26)25(12)11-14-4-8-16(22)9-5-14/h2-9,23H,10-11H2,1H3. The van der Waals surface area contributed by atoms with Gasteiger partial charge in [-0.3, -0.25) is 9.36 Å². The summed E-state index contributed by atoms with van der Waals surface area (Å²) >= 11 is 3.30. The van der Waals surface area contributed by atoms with E-state index in [2.05, 4.69) is 26.2 Å². The van der Waals surface area contributed by atoms with Gasteiger partial charge in [0.25, 0.3) is 5.56 Å². The number of hydrogen-bond acceptors (Lipinski definition) is 3. The zero-order valence-electron chi connectivity index (χ0n) is 14.0. The normalized spacial score (nSPS) is 10.8. The van der Waals surface area contributed by atoms with E-state index in [1.807, 2.05) is 0 Å². The van der Waals surface area contributed by atoms with Crippen LogP contribution in [0, 0.1) is 18.6 Å². The van der Waals surface area contributed by atoms with Crippen molar-refractivity contribution in [3.05, 3.63) is 91.9 Å². The molecule has 0 aliphatic rings. The highest BCUT2D eigenvalue weighted by atomic mass is 79.9. The monoisotopic (exact) mass is 419 g/mol. The summed E-state index contributed by atoms with van der Waals surface area (Å²) in [5.41, 5.74) is 1.44. The van der Waals surface area contributed by atoms with Crippen LogP contribution >= 0.6 is 15.9 Å². The van der Waals surface area contributed by atoms with Gasteiger partial charge >= 0.3 is 0 Å². The van der Waals surface area contributed by atoms with Crippen molar-refractivity contribution in [1.82, 2.24) is 9.55 Å². The van der Waals surface area contributed by atoms with Crippen molar-refractivity contribution in [2.45, 2.75) is 20.0 Å². The van der Waals surface area contributed by atoms with Gasteiger partial charge in [-0.25, -0.2) is 13.8 Å². The molecule has 7 heteroatoms. The second-order valence-corrected chi connectivity index (χ2v) is 6.61. The van der Waals surface area contributed by atoms with E-state index in [1.54, 1.807) is 31.2 Å².